The molecule has 5 aliphatic rings. The van der Waals surface area contributed by atoms with E-state index in [9.17, 15) is 4.79 Å². The van der Waals surface area contributed by atoms with Crippen LogP contribution in [0.4, 0.5) is 0 Å². The maximum atomic E-state index is 12.9. The molecule has 0 unspecified atom stereocenters. The molecule has 3 saturated heterocycles. The third-order valence-corrected chi connectivity index (χ3v) is 7.80. The van der Waals surface area contributed by atoms with E-state index in [0.29, 0.717) is 17.8 Å². The average molecular weight is 336 g/mol. The molecule has 5 heteroatoms. The highest BCUT2D eigenvalue weighted by Crippen LogP contribution is 2.66. The van der Waals surface area contributed by atoms with Gasteiger partial charge >= 0.3 is 5.97 Å². The molecule has 3 aliphatic heterocycles. The van der Waals surface area contributed by atoms with Gasteiger partial charge < -0.3 is 19.1 Å². The Morgan fingerprint density at radius 3 is 2.75 bits per heavy atom. The Morgan fingerprint density at radius 1 is 1.17 bits per heavy atom. The lowest BCUT2D eigenvalue weighted by Gasteiger charge is -2.50. The van der Waals surface area contributed by atoms with E-state index in [4.69, 9.17) is 14.2 Å². The first kappa shape index (κ1) is 15.6. The van der Waals surface area contributed by atoms with Crippen LogP contribution < -0.4 is 4.90 Å². The lowest BCUT2D eigenvalue weighted by atomic mass is 9.55. The summed E-state index contributed by atoms with van der Waals surface area (Å²) in [6.07, 6.45) is 4.76. The second-order valence-corrected chi connectivity index (χ2v) is 9.06. The number of hydrogen-bond donors (Lipinski definition) is 1. The summed E-state index contributed by atoms with van der Waals surface area (Å²) in [5, 5.41) is 0. The number of epoxide rings is 1. The summed E-state index contributed by atoms with van der Waals surface area (Å²) < 4.78 is 17.9. The van der Waals surface area contributed by atoms with Crippen LogP contribution in [-0.4, -0.2) is 56.1 Å². The van der Waals surface area contributed by atoms with Gasteiger partial charge in [0.1, 0.15) is 30.7 Å². The van der Waals surface area contributed by atoms with E-state index < -0.39 is 0 Å². The van der Waals surface area contributed by atoms with Gasteiger partial charge in [0, 0.05) is 11.8 Å². The molecule has 2 aliphatic carbocycles. The van der Waals surface area contributed by atoms with Crippen LogP contribution in [0.15, 0.2) is 0 Å². The molecule has 5 nitrogen and oxygen atoms in total. The van der Waals surface area contributed by atoms with Gasteiger partial charge in [0.2, 0.25) is 0 Å². The predicted molar refractivity (Wildman–Crippen MR) is 86.6 cm³/mol. The Hall–Kier alpha value is -0.650. The molecule has 0 aromatic carbocycles. The second kappa shape index (κ2) is 5.18. The first-order chi connectivity index (χ1) is 11.5. The molecular weight excluding hydrogens is 306 g/mol. The summed E-state index contributed by atoms with van der Waals surface area (Å²) in [4.78, 5) is 14.4. The van der Waals surface area contributed by atoms with E-state index in [1.54, 1.807) is 0 Å². The lowest BCUT2D eigenvalue weighted by molar-refractivity contribution is -0.910. The minimum absolute atomic E-state index is 0.0349. The molecular formula is C19H30NO4+. The van der Waals surface area contributed by atoms with Gasteiger partial charge in [-0.15, -0.1) is 0 Å². The molecule has 0 radical (unpaired) electrons. The molecule has 0 aromatic heterocycles. The zero-order chi connectivity index (χ0) is 16.5. The molecule has 1 N–H and O–H groups in total. The molecule has 24 heavy (non-hydrogen) atoms. The quantitative estimate of drug-likeness (QED) is 0.587. The van der Waals surface area contributed by atoms with Crippen molar-refractivity contribution in [2.45, 2.75) is 56.8 Å². The van der Waals surface area contributed by atoms with Crippen LogP contribution in [0.1, 0.15) is 39.5 Å². The number of carbonyl (C=O) groups is 1. The van der Waals surface area contributed by atoms with Gasteiger partial charge in [-0.2, -0.15) is 0 Å². The Bertz CT molecular complexity index is 547. The number of esters is 1. The van der Waals surface area contributed by atoms with Crippen LogP contribution in [0.2, 0.25) is 0 Å². The number of quaternary nitrogens is 1. The molecule has 1 spiro atoms. The minimum atomic E-state index is -0.321. The average Bonchev–Trinajstić information content (AvgIpc) is 3.20. The number of ether oxygens (including phenoxy) is 3. The fourth-order valence-electron chi connectivity index (χ4n) is 6.46. The molecule has 0 amide bonds. The van der Waals surface area contributed by atoms with Crippen molar-refractivity contribution < 1.29 is 23.9 Å². The Morgan fingerprint density at radius 2 is 1.96 bits per heavy atom. The predicted octanol–water partition coefficient (Wildman–Crippen LogP) is 0.427. The second-order valence-electron chi connectivity index (χ2n) is 9.06. The van der Waals surface area contributed by atoms with Crippen LogP contribution >= 0.6 is 0 Å². The highest BCUT2D eigenvalue weighted by Gasteiger charge is 2.77. The molecule has 5 fully saturated rings. The Kier molecular flexibility index (Phi) is 3.37. The van der Waals surface area contributed by atoms with E-state index >= 15 is 0 Å². The van der Waals surface area contributed by atoms with Gasteiger partial charge in [0.25, 0.3) is 0 Å². The summed E-state index contributed by atoms with van der Waals surface area (Å²) in [5.74, 6) is 1.59. The molecule has 5 rings (SSSR count). The van der Waals surface area contributed by atoms with E-state index in [-0.39, 0.29) is 29.2 Å². The highest BCUT2D eigenvalue weighted by atomic mass is 16.7. The third-order valence-electron chi connectivity index (χ3n) is 7.80. The largest absolute Gasteiger partial charge is 0.455 e. The van der Waals surface area contributed by atoms with Gasteiger partial charge in [0.05, 0.1) is 25.4 Å². The summed E-state index contributed by atoms with van der Waals surface area (Å²) in [6, 6.07) is 0. The topological polar surface area (TPSA) is 52.5 Å². The fourth-order valence-corrected chi connectivity index (χ4v) is 6.46. The number of rotatable bonds is 2. The van der Waals surface area contributed by atoms with E-state index in [2.05, 4.69) is 13.8 Å². The third kappa shape index (κ3) is 2.01. The summed E-state index contributed by atoms with van der Waals surface area (Å²) in [5.41, 5.74) is -0.356. The van der Waals surface area contributed by atoms with Crippen molar-refractivity contribution >= 4 is 5.97 Å². The highest BCUT2D eigenvalue weighted by molar-refractivity contribution is 5.77. The van der Waals surface area contributed by atoms with Crippen molar-refractivity contribution in [3.05, 3.63) is 0 Å². The van der Waals surface area contributed by atoms with Gasteiger partial charge in [-0.1, -0.05) is 6.92 Å². The molecule has 3 heterocycles. The smallest absolute Gasteiger partial charge is 0.315 e. The van der Waals surface area contributed by atoms with Gasteiger partial charge in [-0.3, -0.25) is 4.79 Å². The zero-order valence-electron chi connectivity index (χ0n) is 14.9. The summed E-state index contributed by atoms with van der Waals surface area (Å²) in [6.45, 7) is 9.14. The molecule has 134 valence electrons. The maximum Gasteiger partial charge on any atom is 0.315 e. The van der Waals surface area contributed by atoms with Crippen molar-refractivity contribution in [1.29, 1.82) is 0 Å². The van der Waals surface area contributed by atoms with Gasteiger partial charge in [-0.25, -0.2) is 0 Å². The van der Waals surface area contributed by atoms with Crippen LogP contribution in [-0.2, 0) is 19.0 Å². The van der Waals surface area contributed by atoms with Crippen molar-refractivity contribution in [1.82, 2.24) is 0 Å². The van der Waals surface area contributed by atoms with Crippen molar-refractivity contribution in [3.8, 4) is 0 Å². The minimum Gasteiger partial charge on any atom is -0.455 e. The number of nitrogens with one attached hydrogen (secondary N) is 1. The van der Waals surface area contributed by atoms with Crippen molar-refractivity contribution in [3.63, 3.8) is 0 Å². The number of morpholine rings is 1. The molecule has 2 saturated carbocycles. The zero-order valence-corrected chi connectivity index (χ0v) is 14.9. The van der Waals surface area contributed by atoms with Crippen LogP contribution in [0.3, 0.4) is 0 Å². The van der Waals surface area contributed by atoms with Crippen LogP contribution in [0.25, 0.3) is 0 Å². The standard InChI is InChI=1S/C19H29NO4/c1-12-3-4-15-13(11-20-7-9-22-10-8-20)16(21)23-19(15)14(12)5-6-18(2)17(19)24-18/h12-15,17H,3-11H2,1-2H3/p+1/t12-,13+,14-,15+,17+,18+,19+/m0/s1. The maximum absolute atomic E-state index is 12.9. The number of fused-ring (bicyclic) bond motifs is 1. The SMILES string of the molecule is C[C@H]1CC[C@@H]2[C@@H](C[NH+]3CCOCC3)C(=O)O[C@]23[C@H]1CC[C@@]1(C)O[C@@H]31. The van der Waals surface area contributed by atoms with Gasteiger partial charge in [0.15, 0.2) is 0 Å². The molecule has 0 aromatic rings. The number of hydrogen-bond acceptors (Lipinski definition) is 4. The first-order valence-corrected chi connectivity index (χ1v) is 9.86. The normalized spacial score (nSPS) is 53.8. The Labute approximate surface area is 144 Å². The van der Waals surface area contributed by atoms with Crippen molar-refractivity contribution in [2.24, 2.45) is 23.7 Å². The summed E-state index contributed by atoms with van der Waals surface area (Å²) in [7, 11) is 0. The van der Waals surface area contributed by atoms with Crippen LogP contribution in [0.5, 0.6) is 0 Å². The lowest BCUT2D eigenvalue weighted by Crippen LogP contribution is -3.15. The number of carbonyl (C=O) groups excluding carboxylic acids is 1. The first-order valence-electron chi connectivity index (χ1n) is 9.86. The fraction of sp³-hybridized carbons (Fsp3) is 0.947. The summed E-state index contributed by atoms with van der Waals surface area (Å²) >= 11 is 0. The molecule has 7 atom stereocenters. The monoisotopic (exact) mass is 336 g/mol. The Balaban J connectivity index is 1.45. The van der Waals surface area contributed by atoms with Crippen LogP contribution in [0, 0.1) is 23.7 Å². The van der Waals surface area contributed by atoms with E-state index in [1.165, 1.54) is 11.3 Å². The van der Waals surface area contributed by atoms with Gasteiger partial charge in [-0.05, 0) is 38.5 Å². The van der Waals surface area contributed by atoms with E-state index in [0.717, 1.165) is 52.1 Å². The van der Waals surface area contributed by atoms with Crippen molar-refractivity contribution in [2.75, 3.05) is 32.8 Å². The molecule has 0 bridgehead atoms. The van der Waals surface area contributed by atoms with E-state index in [1.807, 2.05) is 0 Å².